The fraction of sp³-hybridized carbons (Fsp3) is 0.900. The number of nitrogens with zero attached hydrogens (tertiary/aromatic N) is 4. The fourth-order valence-corrected chi connectivity index (χ4v) is 13.2. The average molecular weight is 905 g/mol. The molecular weight excluding hydrogens is 817 g/mol. The Morgan fingerprint density at radius 1 is 0.734 bits per heavy atom. The lowest BCUT2D eigenvalue weighted by Crippen LogP contribution is -2.54. The van der Waals surface area contributed by atoms with E-state index in [1.54, 1.807) is 20.3 Å². The van der Waals surface area contributed by atoms with E-state index in [4.69, 9.17) is 9.47 Å². The predicted octanol–water partition coefficient (Wildman–Crippen LogP) is 5.80. The van der Waals surface area contributed by atoms with Crippen LogP contribution in [-0.2, 0) is 23.9 Å². The molecule has 0 spiro atoms. The van der Waals surface area contributed by atoms with Gasteiger partial charge in [-0.2, -0.15) is 0 Å². The second-order valence-electron chi connectivity index (χ2n) is 21.5. The highest BCUT2D eigenvalue weighted by atomic mass is 16.5. The van der Waals surface area contributed by atoms with Crippen molar-refractivity contribution < 1.29 is 49.4 Å². The van der Waals surface area contributed by atoms with Gasteiger partial charge in [-0.3, -0.25) is 34.0 Å². The van der Waals surface area contributed by atoms with Gasteiger partial charge in [-0.05, 0) is 117 Å². The zero-order chi connectivity index (χ0) is 46.4. The van der Waals surface area contributed by atoms with Crippen LogP contribution in [0.5, 0.6) is 0 Å². The molecule has 0 aromatic rings. The van der Waals surface area contributed by atoms with Gasteiger partial charge >= 0.3 is 17.9 Å². The van der Waals surface area contributed by atoms with Crippen LogP contribution in [0.4, 0.5) is 0 Å². The number of ether oxygens (including phenoxy) is 2. The summed E-state index contributed by atoms with van der Waals surface area (Å²) in [6.45, 7) is 15.3. The van der Waals surface area contributed by atoms with Crippen LogP contribution in [-0.4, -0.2) is 180 Å². The maximum atomic E-state index is 11.7. The lowest BCUT2D eigenvalue weighted by atomic mass is 9.47. The monoisotopic (exact) mass is 905 g/mol. The zero-order valence-corrected chi connectivity index (χ0v) is 40.3. The molecule has 3 saturated carbocycles. The van der Waals surface area contributed by atoms with Crippen molar-refractivity contribution in [2.75, 3.05) is 98.4 Å². The van der Waals surface area contributed by atoms with Gasteiger partial charge in [-0.15, -0.1) is 0 Å². The minimum atomic E-state index is -1.12. The first-order chi connectivity index (χ1) is 30.5. The number of hydrogen-bond donors (Lipinski definition) is 5. The molecule has 1 aliphatic heterocycles. The first-order valence-electron chi connectivity index (χ1n) is 25.3. The van der Waals surface area contributed by atoms with E-state index in [1.165, 1.54) is 57.8 Å². The molecule has 0 aromatic carbocycles. The van der Waals surface area contributed by atoms with E-state index in [-0.39, 0.29) is 32.3 Å². The Morgan fingerprint density at radius 3 is 1.91 bits per heavy atom. The number of carboxylic acid groups (broad SMARTS) is 3. The van der Waals surface area contributed by atoms with Crippen molar-refractivity contribution in [1.82, 2.24) is 19.6 Å². The smallest absolute Gasteiger partial charge is 0.317 e. The highest BCUT2D eigenvalue weighted by molar-refractivity contribution is 5.70. The molecule has 368 valence electrons. The van der Waals surface area contributed by atoms with Crippen molar-refractivity contribution in [3.05, 3.63) is 11.6 Å². The summed E-state index contributed by atoms with van der Waals surface area (Å²) in [5, 5.41) is 49.7. The summed E-state index contributed by atoms with van der Waals surface area (Å²) in [6, 6.07) is -0.596. The summed E-state index contributed by atoms with van der Waals surface area (Å²) < 4.78 is 12.7. The molecule has 1 heterocycles. The Morgan fingerprint density at radius 2 is 1.33 bits per heavy atom. The maximum absolute atomic E-state index is 11.7. The number of allylic oxidation sites excluding steroid dienone is 1. The third-order valence-corrected chi connectivity index (χ3v) is 16.9. The molecule has 1 saturated heterocycles. The Labute approximate surface area is 385 Å². The van der Waals surface area contributed by atoms with Crippen LogP contribution >= 0.6 is 0 Å². The minimum Gasteiger partial charge on any atom is -0.480 e. The lowest BCUT2D eigenvalue weighted by Gasteiger charge is -2.58. The highest BCUT2D eigenvalue weighted by Gasteiger charge is 2.59. The molecular formula is C50H88N4O10. The number of carboxylic acids is 3. The van der Waals surface area contributed by atoms with E-state index in [0.717, 1.165) is 74.2 Å². The van der Waals surface area contributed by atoms with Gasteiger partial charge in [-0.1, -0.05) is 65.5 Å². The summed E-state index contributed by atoms with van der Waals surface area (Å²) in [4.78, 5) is 42.1. The van der Waals surface area contributed by atoms with Crippen molar-refractivity contribution in [2.45, 2.75) is 143 Å². The number of unbranched alkanes of at least 4 members (excludes halogenated alkanes) is 2. The van der Waals surface area contributed by atoms with E-state index in [2.05, 4.69) is 40.7 Å². The molecule has 0 bridgehead atoms. The van der Waals surface area contributed by atoms with Crippen molar-refractivity contribution in [3.63, 3.8) is 0 Å². The number of aliphatic hydroxyl groups excluding tert-OH is 2. The van der Waals surface area contributed by atoms with Crippen molar-refractivity contribution in [1.29, 1.82) is 0 Å². The molecule has 5 N–H and O–H groups in total. The van der Waals surface area contributed by atoms with E-state index in [1.807, 2.05) is 4.90 Å². The molecule has 64 heavy (non-hydrogen) atoms. The molecule has 0 aromatic heterocycles. The fourth-order valence-electron chi connectivity index (χ4n) is 13.2. The van der Waals surface area contributed by atoms with Crippen molar-refractivity contribution in [2.24, 2.45) is 46.3 Å². The van der Waals surface area contributed by atoms with Crippen LogP contribution in [0.25, 0.3) is 0 Å². The zero-order valence-electron chi connectivity index (χ0n) is 40.3. The Bertz CT molecular complexity index is 1470. The molecule has 4 fully saturated rings. The van der Waals surface area contributed by atoms with Crippen LogP contribution in [0.2, 0.25) is 0 Å². The molecule has 5 aliphatic rings. The quantitative estimate of drug-likeness (QED) is 0.0613. The normalized spacial score (nSPS) is 31.8. The molecule has 4 aliphatic carbocycles. The largest absolute Gasteiger partial charge is 0.480 e. The van der Waals surface area contributed by atoms with Gasteiger partial charge in [-0.25, -0.2) is 0 Å². The van der Waals surface area contributed by atoms with Gasteiger partial charge in [0.1, 0.15) is 0 Å². The van der Waals surface area contributed by atoms with Gasteiger partial charge < -0.3 is 35.0 Å². The van der Waals surface area contributed by atoms with Crippen LogP contribution in [0.15, 0.2) is 11.6 Å². The minimum absolute atomic E-state index is 0.151. The Kier molecular flexibility index (Phi) is 20.8. The van der Waals surface area contributed by atoms with Gasteiger partial charge in [0.05, 0.1) is 51.1 Å². The number of carbonyl (C=O) groups is 3. The van der Waals surface area contributed by atoms with Crippen molar-refractivity contribution in [3.8, 4) is 0 Å². The van der Waals surface area contributed by atoms with E-state index in [9.17, 15) is 39.9 Å². The number of aliphatic carboxylic acids is 3. The number of fused-ring (bicyclic) bond motifs is 5. The van der Waals surface area contributed by atoms with Gasteiger partial charge in [0.2, 0.25) is 0 Å². The first-order valence-corrected chi connectivity index (χ1v) is 25.3. The standard InChI is InChI=1S/C50H88N4O10/c1-36(2)10-9-11-37(3)41-14-15-42-40-13-12-38-30-39(16-18-49(38,4)43(40)17-19-50(41,42)5)64-29-8-6-7-28-63-35-44(45(56)34-55)54-26-24-52(32-47(59)60)22-20-51(31-46(57)58)21-23-53(25-27-54)33-48(61)62/h12,36-37,39-45,55-56H,6-11,13-35H2,1-5H3,(H,57,58)(H,59,60)(H,61,62)/t37-,39-,40-,41?,42-,43-,44+,45-,49-,50+/m0/s1. The first kappa shape index (κ1) is 52.8. The molecule has 14 nitrogen and oxygen atoms in total. The third-order valence-electron chi connectivity index (χ3n) is 16.9. The Hall–Kier alpha value is -2.17. The maximum Gasteiger partial charge on any atom is 0.317 e. The van der Waals surface area contributed by atoms with E-state index >= 15 is 0 Å². The number of rotatable bonds is 23. The molecule has 5 rings (SSSR count). The van der Waals surface area contributed by atoms with E-state index < -0.39 is 36.7 Å². The van der Waals surface area contributed by atoms with Crippen LogP contribution in [0.3, 0.4) is 0 Å². The number of hydrogen-bond acceptors (Lipinski definition) is 11. The summed E-state index contributed by atoms with van der Waals surface area (Å²) in [7, 11) is 0. The van der Waals surface area contributed by atoms with E-state index in [0.29, 0.717) is 69.8 Å². The van der Waals surface area contributed by atoms with Gasteiger partial charge in [0.15, 0.2) is 0 Å². The topological polar surface area (TPSA) is 184 Å². The summed E-state index contributed by atoms with van der Waals surface area (Å²) in [5.74, 6) is 2.04. The average Bonchev–Trinajstić information content (AvgIpc) is 3.60. The highest BCUT2D eigenvalue weighted by Crippen LogP contribution is 2.67. The molecule has 1 unspecified atom stereocenters. The summed E-state index contributed by atoms with van der Waals surface area (Å²) in [6.07, 6.45) is 19.0. The van der Waals surface area contributed by atoms with Gasteiger partial charge in [0, 0.05) is 65.6 Å². The molecule has 10 atom stereocenters. The number of aliphatic hydroxyl groups is 2. The predicted molar refractivity (Wildman–Crippen MR) is 248 cm³/mol. The van der Waals surface area contributed by atoms with Gasteiger partial charge in [0.25, 0.3) is 0 Å². The van der Waals surface area contributed by atoms with Crippen LogP contribution in [0.1, 0.15) is 125 Å². The second-order valence-corrected chi connectivity index (χ2v) is 21.5. The van der Waals surface area contributed by atoms with Crippen LogP contribution in [0, 0.1) is 46.3 Å². The Balaban J connectivity index is 1.06. The molecule has 0 radical (unpaired) electrons. The van der Waals surface area contributed by atoms with Crippen molar-refractivity contribution >= 4 is 17.9 Å². The molecule has 14 heteroatoms. The second kappa shape index (κ2) is 25.3. The summed E-state index contributed by atoms with van der Waals surface area (Å²) >= 11 is 0. The third kappa shape index (κ3) is 14.7. The summed E-state index contributed by atoms with van der Waals surface area (Å²) in [5.41, 5.74) is 2.49. The SMILES string of the molecule is CC(C)CCC[C@H](C)C1CC[C@H]2[C@@H]3CC=C4C[C@@H](OCCCCCOC[C@H]([C@@H](O)CO)N5CCN(CC(=O)O)CCN(CC(=O)O)CCN(CC(=O)O)CC5)CC[C@]4(C)[C@H]3CC[C@]12C. The van der Waals surface area contributed by atoms with Crippen LogP contribution < -0.4 is 0 Å². The lowest BCUT2D eigenvalue weighted by molar-refractivity contribution is -0.140. The molecule has 0 amide bonds.